The van der Waals surface area contributed by atoms with Crippen molar-refractivity contribution in [2.75, 3.05) is 19.5 Å². The molecule has 2 rings (SSSR count). The van der Waals surface area contributed by atoms with Crippen LogP contribution in [-0.2, 0) is 0 Å². The number of benzene rings is 2. The molecule has 0 aliphatic rings. The lowest BCUT2D eigenvalue weighted by Gasteiger charge is -2.10. The minimum Gasteiger partial charge on any atom is -0.493 e. The van der Waals surface area contributed by atoms with E-state index in [0.717, 1.165) is 0 Å². The standard InChI is InChI=1S/C15H13ClFNO3/c1-20-13-6-3-9(7-14(13)21-2)15(19)18-12-8-10(16)4-5-11(12)17/h3-8H,1-2H3,(H,18,19). The number of nitrogens with one attached hydrogen (secondary N) is 1. The molecule has 1 N–H and O–H groups in total. The molecule has 0 radical (unpaired) electrons. The van der Waals surface area contributed by atoms with Gasteiger partial charge in [-0.3, -0.25) is 4.79 Å². The van der Waals surface area contributed by atoms with E-state index in [1.807, 2.05) is 0 Å². The van der Waals surface area contributed by atoms with Crippen LogP contribution in [0.25, 0.3) is 0 Å². The van der Waals surface area contributed by atoms with Crippen LogP contribution in [0.5, 0.6) is 11.5 Å². The van der Waals surface area contributed by atoms with Crippen molar-refractivity contribution in [2.24, 2.45) is 0 Å². The molecule has 0 saturated carbocycles. The molecule has 0 heterocycles. The summed E-state index contributed by atoms with van der Waals surface area (Å²) in [5, 5.41) is 2.79. The van der Waals surface area contributed by atoms with Crippen molar-refractivity contribution in [1.29, 1.82) is 0 Å². The number of carbonyl (C=O) groups excluding carboxylic acids is 1. The quantitative estimate of drug-likeness (QED) is 0.935. The third-order valence-electron chi connectivity index (χ3n) is 2.82. The van der Waals surface area contributed by atoms with Crippen LogP contribution in [0, 0.1) is 5.82 Å². The summed E-state index contributed by atoms with van der Waals surface area (Å²) in [6.07, 6.45) is 0. The van der Waals surface area contributed by atoms with Crippen LogP contribution in [0.15, 0.2) is 36.4 Å². The summed E-state index contributed by atoms with van der Waals surface area (Å²) < 4.78 is 23.8. The SMILES string of the molecule is COc1ccc(C(=O)Nc2cc(Cl)ccc2F)cc1OC. The first-order chi connectivity index (χ1) is 10.0. The minimum absolute atomic E-state index is 0.0160. The van der Waals surface area contributed by atoms with Crippen molar-refractivity contribution >= 4 is 23.2 Å². The summed E-state index contributed by atoms with van der Waals surface area (Å²) in [5.74, 6) is -0.120. The van der Waals surface area contributed by atoms with Crippen molar-refractivity contribution in [3.63, 3.8) is 0 Å². The lowest BCUT2D eigenvalue weighted by Crippen LogP contribution is -2.13. The highest BCUT2D eigenvalue weighted by molar-refractivity contribution is 6.31. The van der Waals surface area contributed by atoms with E-state index >= 15 is 0 Å². The summed E-state index contributed by atoms with van der Waals surface area (Å²) >= 11 is 5.78. The lowest BCUT2D eigenvalue weighted by atomic mass is 10.2. The molecule has 0 aromatic heterocycles. The fourth-order valence-electron chi connectivity index (χ4n) is 1.77. The smallest absolute Gasteiger partial charge is 0.255 e. The van der Waals surface area contributed by atoms with E-state index in [1.54, 1.807) is 12.1 Å². The summed E-state index contributed by atoms with van der Waals surface area (Å²) in [7, 11) is 2.97. The van der Waals surface area contributed by atoms with Crippen molar-refractivity contribution in [1.82, 2.24) is 0 Å². The number of anilines is 1. The van der Waals surface area contributed by atoms with Gasteiger partial charge in [-0.05, 0) is 36.4 Å². The number of carbonyl (C=O) groups is 1. The van der Waals surface area contributed by atoms with Crippen molar-refractivity contribution in [2.45, 2.75) is 0 Å². The average Bonchev–Trinajstić information content (AvgIpc) is 2.50. The van der Waals surface area contributed by atoms with E-state index in [9.17, 15) is 9.18 Å². The van der Waals surface area contributed by atoms with Gasteiger partial charge in [0, 0.05) is 10.6 Å². The normalized spacial score (nSPS) is 10.1. The van der Waals surface area contributed by atoms with Crippen LogP contribution < -0.4 is 14.8 Å². The average molecular weight is 310 g/mol. The molecular formula is C15H13ClFNO3. The zero-order valence-electron chi connectivity index (χ0n) is 11.4. The Labute approximate surface area is 126 Å². The highest BCUT2D eigenvalue weighted by atomic mass is 35.5. The van der Waals surface area contributed by atoms with Gasteiger partial charge in [0.2, 0.25) is 0 Å². The van der Waals surface area contributed by atoms with Crippen molar-refractivity contribution in [3.05, 3.63) is 52.8 Å². The Hall–Kier alpha value is -2.27. The number of methoxy groups -OCH3 is 2. The second kappa shape index (κ2) is 6.45. The molecule has 6 heteroatoms. The van der Waals surface area contributed by atoms with Crippen molar-refractivity contribution < 1.29 is 18.7 Å². The Morgan fingerprint density at radius 3 is 2.48 bits per heavy atom. The molecule has 0 unspecified atom stereocenters. The highest BCUT2D eigenvalue weighted by Crippen LogP contribution is 2.28. The van der Waals surface area contributed by atoms with Gasteiger partial charge >= 0.3 is 0 Å². The highest BCUT2D eigenvalue weighted by Gasteiger charge is 2.13. The molecule has 1 amide bonds. The molecule has 0 bridgehead atoms. The zero-order chi connectivity index (χ0) is 15.4. The molecule has 0 aliphatic carbocycles. The summed E-state index contributed by atoms with van der Waals surface area (Å²) in [4.78, 5) is 12.1. The van der Waals surface area contributed by atoms with Crippen LogP contribution in [0.2, 0.25) is 5.02 Å². The fourth-order valence-corrected chi connectivity index (χ4v) is 1.94. The lowest BCUT2D eigenvalue weighted by molar-refractivity contribution is 0.102. The van der Waals surface area contributed by atoms with E-state index in [1.165, 1.54) is 38.5 Å². The molecule has 110 valence electrons. The Balaban J connectivity index is 2.26. The van der Waals surface area contributed by atoms with Crippen LogP contribution in [0.4, 0.5) is 10.1 Å². The predicted molar refractivity (Wildman–Crippen MR) is 78.9 cm³/mol. The molecule has 2 aromatic rings. The second-order valence-corrected chi connectivity index (χ2v) is 4.58. The van der Waals surface area contributed by atoms with E-state index in [2.05, 4.69) is 5.32 Å². The predicted octanol–water partition coefficient (Wildman–Crippen LogP) is 3.75. The first-order valence-corrected chi connectivity index (χ1v) is 6.41. The molecule has 4 nitrogen and oxygen atoms in total. The second-order valence-electron chi connectivity index (χ2n) is 4.15. The first kappa shape index (κ1) is 15.1. The molecule has 0 saturated heterocycles. The zero-order valence-corrected chi connectivity index (χ0v) is 12.2. The van der Waals surface area contributed by atoms with Gasteiger partial charge in [-0.25, -0.2) is 4.39 Å². The van der Waals surface area contributed by atoms with Crippen LogP contribution >= 0.6 is 11.6 Å². The van der Waals surface area contributed by atoms with Crippen LogP contribution in [0.3, 0.4) is 0 Å². The van der Waals surface area contributed by atoms with Gasteiger partial charge in [0.1, 0.15) is 5.82 Å². The summed E-state index contributed by atoms with van der Waals surface area (Å²) in [5.41, 5.74) is 0.328. The maximum absolute atomic E-state index is 13.6. The third kappa shape index (κ3) is 3.44. The molecule has 21 heavy (non-hydrogen) atoms. The van der Waals surface area contributed by atoms with Crippen LogP contribution in [0.1, 0.15) is 10.4 Å². The molecule has 0 spiro atoms. The number of hydrogen-bond donors (Lipinski definition) is 1. The summed E-state index contributed by atoms with van der Waals surface area (Å²) in [6.45, 7) is 0. The van der Waals surface area contributed by atoms with Gasteiger partial charge in [-0.15, -0.1) is 0 Å². The number of amides is 1. The van der Waals surface area contributed by atoms with Crippen molar-refractivity contribution in [3.8, 4) is 11.5 Å². The number of halogens is 2. The fraction of sp³-hybridized carbons (Fsp3) is 0.133. The minimum atomic E-state index is -0.562. The first-order valence-electron chi connectivity index (χ1n) is 6.03. The van der Waals surface area contributed by atoms with E-state index in [4.69, 9.17) is 21.1 Å². The summed E-state index contributed by atoms with van der Waals surface area (Å²) in [6, 6.07) is 8.60. The maximum Gasteiger partial charge on any atom is 0.255 e. The maximum atomic E-state index is 13.6. The van der Waals surface area contributed by atoms with Gasteiger partial charge in [0.05, 0.1) is 19.9 Å². The van der Waals surface area contributed by atoms with Gasteiger partial charge in [-0.1, -0.05) is 11.6 Å². The molecule has 2 aromatic carbocycles. The van der Waals surface area contributed by atoms with E-state index in [0.29, 0.717) is 22.1 Å². The Morgan fingerprint density at radius 1 is 1.10 bits per heavy atom. The monoisotopic (exact) mass is 309 g/mol. The molecule has 0 fully saturated rings. The van der Waals surface area contributed by atoms with Crippen LogP contribution in [-0.4, -0.2) is 20.1 Å². The van der Waals surface area contributed by atoms with Gasteiger partial charge in [0.15, 0.2) is 11.5 Å². The molecule has 0 aliphatic heterocycles. The topological polar surface area (TPSA) is 47.6 Å². The largest absolute Gasteiger partial charge is 0.493 e. The third-order valence-corrected chi connectivity index (χ3v) is 3.06. The molecule has 0 atom stereocenters. The Morgan fingerprint density at radius 2 is 1.81 bits per heavy atom. The van der Waals surface area contributed by atoms with E-state index < -0.39 is 11.7 Å². The molecular weight excluding hydrogens is 297 g/mol. The van der Waals surface area contributed by atoms with Gasteiger partial charge < -0.3 is 14.8 Å². The number of hydrogen-bond acceptors (Lipinski definition) is 3. The number of ether oxygens (including phenoxy) is 2. The van der Waals surface area contributed by atoms with Gasteiger partial charge in [-0.2, -0.15) is 0 Å². The van der Waals surface area contributed by atoms with E-state index in [-0.39, 0.29) is 5.69 Å². The Kier molecular flexibility index (Phi) is 4.65. The van der Waals surface area contributed by atoms with Gasteiger partial charge in [0.25, 0.3) is 5.91 Å². The number of rotatable bonds is 4. The Bertz CT molecular complexity index is 676.